The number of piperidine rings is 1. The average molecular weight is 429 g/mol. The lowest BCUT2D eigenvalue weighted by atomic mass is 9.97. The third-order valence-electron chi connectivity index (χ3n) is 4.58. The summed E-state index contributed by atoms with van der Waals surface area (Å²) in [6, 6.07) is 0.281. The lowest BCUT2D eigenvalue weighted by Gasteiger charge is -2.32. The van der Waals surface area contributed by atoms with E-state index in [0.717, 1.165) is 18.2 Å². The van der Waals surface area contributed by atoms with Gasteiger partial charge in [0.15, 0.2) is 0 Å². The van der Waals surface area contributed by atoms with E-state index in [2.05, 4.69) is 26.1 Å². The maximum atomic E-state index is 12.1. The molecule has 8 nitrogen and oxygen atoms in total. The molecule has 26 heavy (non-hydrogen) atoms. The van der Waals surface area contributed by atoms with Crippen LogP contribution in [0.1, 0.15) is 51.8 Å². The zero-order chi connectivity index (χ0) is 18.9. The number of hydrogen-bond donors (Lipinski definition) is 0. The Morgan fingerprint density at radius 2 is 2.00 bits per heavy atom. The molecule has 0 N–H and O–H groups in total. The molecule has 2 aliphatic heterocycles. The van der Waals surface area contributed by atoms with Gasteiger partial charge in [-0.05, 0) is 39.5 Å². The van der Waals surface area contributed by atoms with Crippen molar-refractivity contribution in [2.45, 2.75) is 51.6 Å². The molecule has 2 fully saturated rings. The molecular weight excluding hydrogens is 404 g/mol. The van der Waals surface area contributed by atoms with Gasteiger partial charge in [0, 0.05) is 37.3 Å². The van der Waals surface area contributed by atoms with Crippen LogP contribution in [0.5, 0.6) is 0 Å². The van der Waals surface area contributed by atoms with Gasteiger partial charge < -0.3 is 14.1 Å². The first kappa shape index (κ1) is 19.1. The molecule has 144 valence electrons. The number of amides is 2. The van der Waals surface area contributed by atoms with Crippen molar-refractivity contribution >= 4 is 33.9 Å². The summed E-state index contributed by atoms with van der Waals surface area (Å²) in [6.45, 7) is 7.35. The molecule has 3 heterocycles. The Bertz CT molecular complexity index is 664. The van der Waals surface area contributed by atoms with Gasteiger partial charge in [-0.3, -0.25) is 9.69 Å². The highest BCUT2D eigenvalue weighted by atomic mass is 79.9. The maximum Gasteiger partial charge on any atom is 0.410 e. The first-order valence-corrected chi connectivity index (χ1v) is 10.1. The van der Waals surface area contributed by atoms with Gasteiger partial charge in [-0.15, -0.1) is 5.10 Å². The monoisotopic (exact) mass is 428 g/mol. The van der Waals surface area contributed by atoms with Crippen LogP contribution in [0.4, 0.5) is 10.8 Å². The van der Waals surface area contributed by atoms with Crippen LogP contribution in [0.15, 0.2) is 4.42 Å². The molecule has 9 heteroatoms. The summed E-state index contributed by atoms with van der Waals surface area (Å²) in [5.74, 6) is 0.929. The highest BCUT2D eigenvalue weighted by Crippen LogP contribution is 2.31. The molecule has 2 aliphatic rings. The van der Waals surface area contributed by atoms with Crippen LogP contribution in [0.2, 0.25) is 0 Å². The molecule has 3 rings (SSSR count). The number of rotatable bonds is 3. The highest BCUT2D eigenvalue weighted by Gasteiger charge is 2.35. The maximum absolute atomic E-state index is 12.1. The van der Waals surface area contributed by atoms with Gasteiger partial charge in [-0.2, -0.15) is 0 Å². The third-order valence-corrected chi connectivity index (χ3v) is 5.50. The number of alkyl halides is 1. The van der Waals surface area contributed by atoms with Gasteiger partial charge in [-0.1, -0.05) is 21.0 Å². The van der Waals surface area contributed by atoms with E-state index >= 15 is 0 Å². The topological polar surface area (TPSA) is 88.8 Å². The third kappa shape index (κ3) is 4.36. The van der Waals surface area contributed by atoms with Gasteiger partial charge in [0.25, 0.3) is 0 Å². The highest BCUT2D eigenvalue weighted by molar-refractivity contribution is 9.09. The molecule has 0 aliphatic carbocycles. The van der Waals surface area contributed by atoms with Crippen LogP contribution in [0.25, 0.3) is 0 Å². The van der Waals surface area contributed by atoms with Crippen LogP contribution in [-0.4, -0.2) is 57.7 Å². The SMILES string of the molecule is CC(C)(C)OC(=O)N1CCC(c2nnc(N3CC(CBr)CC3=O)o2)CC1. The number of likely N-dealkylation sites (tertiary alicyclic amines) is 1. The molecule has 1 aromatic heterocycles. The summed E-state index contributed by atoms with van der Waals surface area (Å²) in [6.07, 6.45) is 1.68. The van der Waals surface area contributed by atoms with E-state index in [1.54, 1.807) is 9.80 Å². The fourth-order valence-electron chi connectivity index (χ4n) is 3.21. The van der Waals surface area contributed by atoms with Crippen molar-refractivity contribution in [3.8, 4) is 0 Å². The van der Waals surface area contributed by atoms with Gasteiger partial charge in [-0.25, -0.2) is 4.79 Å². The second kappa shape index (κ2) is 7.54. The number of anilines is 1. The molecule has 0 aromatic carbocycles. The van der Waals surface area contributed by atoms with E-state index in [-0.39, 0.29) is 29.9 Å². The number of nitrogens with zero attached hydrogens (tertiary/aromatic N) is 4. The van der Waals surface area contributed by atoms with Crippen molar-refractivity contribution in [3.63, 3.8) is 0 Å². The Balaban J connectivity index is 1.57. The zero-order valence-corrected chi connectivity index (χ0v) is 17.0. The van der Waals surface area contributed by atoms with E-state index in [1.165, 1.54) is 0 Å². The molecule has 1 aromatic rings. The molecule has 1 unspecified atom stereocenters. The minimum Gasteiger partial charge on any atom is -0.444 e. The van der Waals surface area contributed by atoms with Crippen molar-refractivity contribution in [1.29, 1.82) is 0 Å². The molecular formula is C17H25BrN4O4. The number of carbonyl (C=O) groups excluding carboxylic acids is 2. The fourth-order valence-corrected chi connectivity index (χ4v) is 3.64. The van der Waals surface area contributed by atoms with Crippen LogP contribution < -0.4 is 4.90 Å². The average Bonchev–Trinajstić information content (AvgIpc) is 3.19. The summed E-state index contributed by atoms with van der Waals surface area (Å²) in [5.41, 5.74) is -0.495. The van der Waals surface area contributed by atoms with Gasteiger partial charge in [0.1, 0.15) is 5.60 Å². The molecule has 0 spiro atoms. The first-order valence-electron chi connectivity index (χ1n) is 8.94. The Labute approximate surface area is 161 Å². The molecule has 1 atom stereocenters. The molecule has 0 bridgehead atoms. The standard InChI is InChI=1S/C17H25BrN4O4/c1-17(2,3)26-16(24)21-6-4-12(5-7-21)14-19-20-15(25-14)22-10-11(9-18)8-13(22)23/h11-12H,4-10H2,1-3H3. The summed E-state index contributed by atoms with van der Waals surface area (Å²) in [7, 11) is 0. The molecule has 2 saturated heterocycles. The Morgan fingerprint density at radius 3 is 2.58 bits per heavy atom. The normalized spacial score (nSPS) is 22.2. The predicted octanol–water partition coefficient (Wildman–Crippen LogP) is 2.93. The van der Waals surface area contributed by atoms with Crippen LogP contribution in [0.3, 0.4) is 0 Å². The largest absolute Gasteiger partial charge is 0.444 e. The minimum atomic E-state index is -0.495. The predicted molar refractivity (Wildman–Crippen MR) is 98.3 cm³/mol. The quantitative estimate of drug-likeness (QED) is 0.687. The van der Waals surface area contributed by atoms with Gasteiger partial charge in [0.2, 0.25) is 11.8 Å². The second-order valence-corrected chi connectivity index (χ2v) is 8.54. The second-order valence-electron chi connectivity index (χ2n) is 7.89. The smallest absolute Gasteiger partial charge is 0.410 e. The Hall–Kier alpha value is -1.64. The van der Waals surface area contributed by atoms with Crippen molar-refractivity contribution in [2.24, 2.45) is 5.92 Å². The van der Waals surface area contributed by atoms with E-state index in [4.69, 9.17) is 9.15 Å². The van der Waals surface area contributed by atoms with E-state index in [9.17, 15) is 9.59 Å². The number of hydrogen-bond acceptors (Lipinski definition) is 6. The lowest BCUT2D eigenvalue weighted by molar-refractivity contribution is -0.117. The van der Waals surface area contributed by atoms with E-state index < -0.39 is 5.60 Å². The van der Waals surface area contributed by atoms with Gasteiger partial charge >= 0.3 is 12.1 Å². The summed E-state index contributed by atoms with van der Waals surface area (Å²) in [5, 5.41) is 8.98. The summed E-state index contributed by atoms with van der Waals surface area (Å²) < 4.78 is 11.2. The minimum absolute atomic E-state index is 0.0180. The first-order chi connectivity index (χ1) is 12.3. The number of carbonyl (C=O) groups is 2. The van der Waals surface area contributed by atoms with Crippen LogP contribution in [-0.2, 0) is 9.53 Å². The Morgan fingerprint density at radius 1 is 1.31 bits per heavy atom. The van der Waals surface area contributed by atoms with Crippen molar-refractivity contribution < 1.29 is 18.7 Å². The van der Waals surface area contributed by atoms with Crippen molar-refractivity contribution in [3.05, 3.63) is 5.89 Å². The number of ether oxygens (including phenoxy) is 1. The molecule has 0 radical (unpaired) electrons. The number of aromatic nitrogens is 2. The fraction of sp³-hybridized carbons (Fsp3) is 0.765. The molecule has 2 amide bonds. The summed E-state index contributed by atoms with van der Waals surface area (Å²) in [4.78, 5) is 27.5. The van der Waals surface area contributed by atoms with Crippen LogP contribution >= 0.6 is 15.9 Å². The van der Waals surface area contributed by atoms with Crippen molar-refractivity contribution in [2.75, 3.05) is 29.9 Å². The van der Waals surface area contributed by atoms with Crippen molar-refractivity contribution in [1.82, 2.24) is 15.1 Å². The Kier molecular flexibility index (Phi) is 5.55. The van der Waals surface area contributed by atoms with E-state index in [0.29, 0.717) is 31.9 Å². The van der Waals surface area contributed by atoms with E-state index in [1.807, 2.05) is 20.8 Å². The number of halogens is 1. The summed E-state index contributed by atoms with van der Waals surface area (Å²) >= 11 is 3.42. The molecule has 0 saturated carbocycles. The van der Waals surface area contributed by atoms with Gasteiger partial charge in [0.05, 0.1) is 0 Å². The lowest BCUT2D eigenvalue weighted by Crippen LogP contribution is -2.41. The zero-order valence-electron chi connectivity index (χ0n) is 15.4. The van der Waals surface area contributed by atoms with Crippen LogP contribution in [0, 0.1) is 5.92 Å².